The van der Waals surface area contributed by atoms with Gasteiger partial charge in [0.05, 0.1) is 5.56 Å². The molecule has 0 aromatic heterocycles. The molecule has 0 aliphatic heterocycles. The van der Waals surface area contributed by atoms with Crippen LogP contribution in [-0.2, 0) is 0 Å². The molecule has 3 heteroatoms. The predicted molar refractivity (Wildman–Crippen MR) is 65.7 cm³/mol. The Morgan fingerprint density at radius 1 is 1.12 bits per heavy atom. The summed E-state index contributed by atoms with van der Waals surface area (Å²) >= 11 is 0. The second-order valence-electron chi connectivity index (χ2n) is 4.11. The molecule has 3 N–H and O–H groups in total. The minimum Gasteiger partial charge on any atom is -0.507 e. The van der Waals surface area contributed by atoms with Gasteiger partial charge in [0, 0.05) is 12.1 Å². The summed E-state index contributed by atoms with van der Waals surface area (Å²) in [6.45, 7) is 6.20. The lowest BCUT2D eigenvalue weighted by Crippen LogP contribution is -2.30. The van der Waals surface area contributed by atoms with Crippen LogP contribution in [0.15, 0.2) is 18.2 Å². The number of nitrogens with one attached hydrogen (secondary N) is 1. The largest absolute Gasteiger partial charge is 0.507 e. The monoisotopic (exact) mass is 223 g/mol. The Kier molecular flexibility index (Phi) is 4.62. The zero-order chi connectivity index (χ0) is 12.1. The van der Waals surface area contributed by atoms with E-state index in [-0.39, 0.29) is 17.5 Å². The normalized spacial score (nSPS) is 13.0. The van der Waals surface area contributed by atoms with Crippen molar-refractivity contribution in [3.63, 3.8) is 0 Å². The predicted octanol–water partition coefficient (Wildman–Crippen LogP) is 2.94. The van der Waals surface area contributed by atoms with Gasteiger partial charge in [0.15, 0.2) is 0 Å². The average molecular weight is 223 g/mol. The number of phenolic OH excluding ortho intramolecular Hbond substituents is 2. The lowest BCUT2D eigenvalue weighted by atomic mass is 10.0. The van der Waals surface area contributed by atoms with Gasteiger partial charge < -0.3 is 15.5 Å². The molecule has 1 unspecified atom stereocenters. The molecule has 0 bridgehead atoms. The van der Waals surface area contributed by atoms with Gasteiger partial charge in [-0.3, -0.25) is 0 Å². The molecule has 3 nitrogen and oxygen atoms in total. The van der Waals surface area contributed by atoms with E-state index in [0.29, 0.717) is 11.6 Å². The van der Waals surface area contributed by atoms with E-state index in [1.807, 2.05) is 6.92 Å². The molecule has 90 valence electrons. The first-order valence-electron chi connectivity index (χ1n) is 5.87. The summed E-state index contributed by atoms with van der Waals surface area (Å²) in [6.07, 6.45) is 2.07. The third-order valence-corrected chi connectivity index (χ3v) is 2.96. The lowest BCUT2D eigenvalue weighted by Gasteiger charge is -2.22. The maximum atomic E-state index is 9.72. The highest BCUT2D eigenvalue weighted by atomic mass is 16.3. The van der Waals surface area contributed by atoms with E-state index in [1.165, 1.54) is 0 Å². The van der Waals surface area contributed by atoms with Crippen LogP contribution < -0.4 is 5.32 Å². The molecule has 0 saturated carbocycles. The van der Waals surface area contributed by atoms with Crippen LogP contribution in [0.4, 0.5) is 0 Å². The van der Waals surface area contributed by atoms with Gasteiger partial charge in [0.2, 0.25) is 0 Å². The molecule has 1 atom stereocenters. The maximum Gasteiger partial charge on any atom is 0.124 e. The van der Waals surface area contributed by atoms with E-state index in [4.69, 9.17) is 0 Å². The summed E-state index contributed by atoms with van der Waals surface area (Å²) in [5.74, 6) is 0.289. The quantitative estimate of drug-likeness (QED) is 0.719. The third-order valence-electron chi connectivity index (χ3n) is 2.96. The van der Waals surface area contributed by atoms with Gasteiger partial charge in [-0.1, -0.05) is 19.9 Å². The van der Waals surface area contributed by atoms with E-state index in [9.17, 15) is 10.2 Å². The highest BCUT2D eigenvalue weighted by Gasteiger charge is 2.16. The molecule has 0 aliphatic carbocycles. The minimum atomic E-state index is -0.0499. The van der Waals surface area contributed by atoms with Crippen molar-refractivity contribution in [3.8, 4) is 11.5 Å². The summed E-state index contributed by atoms with van der Waals surface area (Å²) in [4.78, 5) is 0. The molecule has 0 radical (unpaired) electrons. The van der Waals surface area contributed by atoms with Crippen molar-refractivity contribution in [2.45, 2.75) is 45.7 Å². The first-order chi connectivity index (χ1) is 7.60. The Balaban J connectivity index is 2.83. The van der Waals surface area contributed by atoms with Crippen LogP contribution in [0, 0.1) is 0 Å². The van der Waals surface area contributed by atoms with Gasteiger partial charge in [-0.2, -0.15) is 0 Å². The van der Waals surface area contributed by atoms with Crippen molar-refractivity contribution in [2.24, 2.45) is 0 Å². The fraction of sp³-hybridized carbons (Fsp3) is 0.538. The van der Waals surface area contributed by atoms with Crippen molar-refractivity contribution < 1.29 is 10.2 Å². The highest BCUT2D eigenvalue weighted by molar-refractivity contribution is 5.44. The molecule has 0 aliphatic rings. The maximum absolute atomic E-state index is 9.72. The van der Waals surface area contributed by atoms with Crippen molar-refractivity contribution in [2.75, 3.05) is 0 Å². The first-order valence-corrected chi connectivity index (χ1v) is 5.87. The Bertz CT molecular complexity index is 314. The van der Waals surface area contributed by atoms with Crippen LogP contribution in [0.25, 0.3) is 0 Å². The van der Waals surface area contributed by atoms with E-state index < -0.39 is 0 Å². The van der Waals surface area contributed by atoms with Crippen LogP contribution in [-0.4, -0.2) is 16.3 Å². The van der Waals surface area contributed by atoms with E-state index in [2.05, 4.69) is 19.2 Å². The fourth-order valence-corrected chi connectivity index (χ4v) is 1.95. The summed E-state index contributed by atoms with van der Waals surface area (Å²) in [5, 5.41) is 22.8. The number of hydrogen-bond donors (Lipinski definition) is 3. The number of hydrogen-bond acceptors (Lipinski definition) is 3. The Morgan fingerprint density at radius 2 is 1.62 bits per heavy atom. The number of benzene rings is 1. The van der Waals surface area contributed by atoms with Crippen LogP contribution in [0.1, 0.15) is 45.2 Å². The molecule has 0 fully saturated rings. The minimum absolute atomic E-state index is 0.0499. The average Bonchev–Trinajstić information content (AvgIpc) is 2.25. The fourth-order valence-electron chi connectivity index (χ4n) is 1.95. The van der Waals surface area contributed by atoms with Gasteiger partial charge in [-0.05, 0) is 31.9 Å². The summed E-state index contributed by atoms with van der Waals surface area (Å²) in [7, 11) is 0. The number of rotatable bonds is 5. The Labute approximate surface area is 97.1 Å². The number of phenols is 2. The van der Waals surface area contributed by atoms with Crippen molar-refractivity contribution in [1.82, 2.24) is 5.32 Å². The summed E-state index contributed by atoms with van der Waals surface area (Å²) < 4.78 is 0. The smallest absolute Gasteiger partial charge is 0.124 e. The molecule has 0 amide bonds. The zero-order valence-corrected chi connectivity index (χ0v) is 10.2. The van der Waals surface area contributed by atoms with Crippen molar-refractivity contribution in [3.05, 3.63) is 23.8 Å². The van der Waals surface area contributed by atoms with E-state index in [1.54, 1.807) is 18.2 Å². The Morgan fingerprint density at radius 3 is 2.06 bits per heavy atom. The molecule has 0 saturated heterocycles. The lowest BCUT2D eigenvalue weighted by molar-refractivity contribution is 0.389. The zero-order valence-electron chi connectivity index (χ0n) is 10.2. The van der Waals surface area contributed by atoms with Crippen molar-refractivity contribution >= 4 is 0 Å². The summed E-state index contributed by atoms with van der Waals surface area (Å²) in [5.41, 5.74) is 0.578. The topological polar surface area (TPSA) is 52.5 Å². The summed E-state index contributed by atoms with van der Waals surface area (Å²) in [6, 6.07) is 5.19. The second-order valence-corrected chi connectivity index (χ2v) is 4.11. The molecule has 0 spiro atoms. The second kappa shape index (κ2) is 5.75. The van der Waals surface area contributed by atoms with Crippen LogP contribution >= 0.6 is 0 Å². The van der Waals surface area contributed by atoms with Gasteiger partial charge in [0.25, 0.3) is 0 Å². The standard InChI is InChI=1S/C13H21NO2/c1-4-10(5-2)14-9(3)13-11(15)7-6-8-12(13)16/h6-10,14-16H,4-5H2,1-3H3. The third kappa shape index (κ3) is 2.89. The molecule has 16 heavy (non-hydrogen) atoms. The Hall–Kier alpha value is -1.22. The van der Waals surface area contributed by atoms with E-state index >= 15 is 0 Å². The molecule has 1 aromatic rings. The van der Waals surface area contributed by atoms with Gasteiger partial charge >= 0.3 is 0 Å². The SMILES string of the molecule is CCC(CC)NC(C)c1c(O)cccc1O. The molecule has 0 heterocycles. The molecule has 1 aromatic carbocycles. The van der Waals surface area contributed by atoms with Crippen LogP contribution in [0.5, 0.6) is 11.5 Å². The highest BCUT2D eigenvalue weighted by Crippen LogP contribution is 2.32. The van der Waals surface area contributed by atoms with Crippen LogP contribution in [0.3, 0.4) is 0 Å². The molecular weight excluding hydrogens is 202 g/mol. The van der Waals surface area contributed by atoms with Gasteiger partial charge in [0.1, 0.15) is 11.5 Å². The van der Waals surface area contributed by atoms with Gasteiger partial charge in [-0.25, -0.2) is 0 Å². The van der Waals surface area contributed by atoms with E-state index in [0.717, 1.165) is 12.8 Å². The number of aromatic hydroxyl groups is 2. The van der Waals surface area contributed by atoms with Gasteiger partial charge in [-0.15, -0.1) is 0 Å². The molecular formula is C13H21NO2. The first kappa shape index (κ1) is 12.8. The van der Waals surface area contributed by atoms with Crippen LogP contribution in [0.2, 0.25) is 0 Å². The molecule has 1 rings (SSSR count). The van der Waals surface area contributed by atoms with Crippen molar-refractivity contribution in [1.29, 1.82) is 0 Å².